The molecule has 0 unspecified atom stereocenters. The number of rotatable bonds is 3. The summed E-state index contributed by atoms with van der Waals surface area (Å²) >= 11 is 0. The molecule has 2 aromatic carbocycles. The number of benzene rings is 2. The quantitative estimate of drug-likeness (QED) is 0.714. The van der Waals surface area contributed by atoms with Crippen LogP contribution in [0, 0.1) is 5.92 Å². The predicted octanol–water partition coefficient (Wildman–Crippen LogP) is 5.55. The summed E-state index contributed by atoms with van der Waals surface area (Å²) in [5, 5.41) is 3.45. The summed E-state index contributed by atoms with van der Waals surface area (Å²) in [5.41, 5.74) is 1.76. The molecule has 27 heavy (non-hydrogen) atoms. The van der Waals surface area contributed by atoms with Crippen molar-refractivity contribution in [2.24, 2.45) is 5.92 Å². The van der Waals surface area contributed by atoms with Crippen molar-refractivity contribution in [1.29, 1.82) is 0 Å². The fourth-order valence-corrected chi connectivity index (χ4v) is 4.24. The van der Waals surface area contributed by atoms with E-state index < -0.39 is 11.7 Å². The highest BCUT2D eigenvalue weighted by atomic mass is 19.4. The van der Waals surface area contributed by atoms with Gasteiger partial charge < -0.3 is 14.8 Å². The molecular formula is C21H20F3NO2. The zero-order chi connectivity index (χ0) is 19.2. The van der Waals surface area contributed by atoms with Gasteiger partial charge in [0.05, 0.1) is 25.8 Å². The lowest BCUT2D eigenvalue weighted by Gasteiger charge is -2.38. The smallest absolute Gasteiger partial charge is 0.416 e. The van der Waals surface area contributed by atoms with Gasteiger partial charge in [0.1, 0.15) is 0 Å². The number of hydrogen-bond donors (Lipinski definition) is 1. The molecule has 4 rings (SSSR count). The Balaban J connectivity index is 1.80. The van der Waals surface area contributed by atoms with Crippen LogP contribution in [0.25, 0.3) is 0 Å². The molecule has 0 fully saturated rings. The maximum Gasteiger partial charge on any atom is 0.416 e. The standard InChI is InChI=1S/C21H20F3NO2/c1-26-18-8-4-7-15(20(18)27-2)19-14-6-3-5-13(14)16-11-12(21(22,23)24)9-10-17(16)25-19/h3-5,7-11,13-14,19,25H,6H2,1-2H3/t13-,14+,19+/m0/s1. The normalized spacial score (nSPS) is 23.4. The molecule has 2 aromatic rings. The van der Waals surface area contributed by atoms with Crippen LogP contribution in [0.2, 0.25) is 0 Å². The number of anilines is 1. The van der Waals surface area contributed by atoms with Crippen molar-refractivity contribution in [2.75, 3.05) is 19.5 Å². The molecule has 1 aliphatic heterocycles. The van der Waals surface area contributed by atoms with Gasteiger partial charge >= 0.3 is 6.18 Å². The Hall–Kier alpha value is -2.63. The second kappa shape index (κ2) is 6.51. The van der Waals surface area contributed by atoms with Crippen LogP contribution in [0.3, 0.4) is 0 Å². The zero-order valence-corrected chi connectivity index (χ0v) is 15.0. The molecule has 6 heteroatoms. The summed E-state index contributed by atoms with van der Waals surface area (Å²) in [6.07, 6.45) is 0.508. The van der Waals surface area contributed by atoms with Crippen molar-refractivity contribution in [3.8, 4) is 11.5 Å². The molecule has 0 aromatic heterocycles. The van der Waals surface area contributed by atoms with E-state index in [-0.39, 0.29) is 17.9 Å². The van der Waals surface area contributed by atoms with E-state index in [2.05, 4.69) is 5.32 Å². The first-order valence-corrected chi connectivity index (χ1v) is 8.79. The average molecular weight is 375 g/mol. The number of alkyl halides is 3. The lowest BCUT2D eigenvalue weighted by molar-refractivity contribution is -0.137. The van der Waals surface area contributed by atoms with E-state index in [9.17, 15) is 13.2 Å². The minimum absolute atomic E-state index is 0.0653. The molecule has 0 saturated carbocycles. The van der Waals surface area contributed by atoms with Gasteiger partial charge in [0.15, 0.2) is 11.5 Å². The molecule has 1 heterocycles. The predicted molar refractivity (Wildman–Crippen MR) is 97.3 cm³/mol. The Labute approximate surface area is 155 Å². The van der Waals surface area contributed by atoms with Gasteiger partial charge in [-0.1, -0.05) is 24.3 Å². The number of fused-ring (bicyclic) bond motifs is 3. The minimum Gasteiger partial charge on any atom is -0.493 e. The van der Waals surface area contributed by atoms with Gasteiger partial charge in [-0.15, -0.1) is 0 Å². The Bertz CT molecular complexity index is 891. The summed E-state index contributed by atoms with van der Waals surface area (Å²) in [6.45, 7) is 0. The van der Waals surface area contributed by atoms with Crippen LogP contribution in [-0.4, -0.2) is 14.2 Å². The molecule has 1 N–H and O–H groups in total. The van der Waals surface area contributed by atoms with Crippen molar-refractivity contribution in [3.05, 3.63) is 65.2 Å². The van der Waals surface area contributed by atoms with Gasteiger partial charge in [0, 0.05) is 17.2 Å². The maximum absolute atomic E-state index is 13.2. The fourth-order valence-electron chi connectivity index (χ4n) is 4.24. The van der Waals surface area contributed by atoms with Gasteiger partial charge in [-0.3, -0.25) is 0 Å². The molecule has 0 saturated heterocycles. The summed E-state index contributed by atoms with van der Waals surface area (Å²) in [6, 6.07) is 9.56. The molecule has 2 aliphatic rings. The first-order valence-electron chi connectivity index (χ1n) is 8.79. The van der Waals surface area contributed by atoms with Crippen LogP contribution >= 0.6 is 0 Å². The van der Waals surface area contributed by atoms with Crippen LogP contribution in [0.5, 0.6) is 11.5 Å². The van der Waals surface area contributed by atoms with Gasteiger partial charge in [-0.2, -0.15) is 13.2 Å². The van der Waals surface area contributed by atoms with Gasteiger partial charge in [-0.05, 0) is 42.2 Å². The average Bonchev–Trinajstić information content (AvgIpc) is 3.15. The maximum atomic E-state index is 13.2. The summed E-state index contributed by atoms with van der Waals surface area (Å²) in [5.74, 6) is 1.34. The van der Waals surface area contributed by atoms with E-state index in [4.69, 9.17) is 9.47 Å². The number of nitrogens with one attached hydrogen (secondary N) is 1. The van der Waals surface area contributed by atoms with E-state index in [0.29, 0.717) is 17.1 Å². The molecule has 0 spiro atoms. The zero-order valence-electron chi connectivity index (χ0n) is 15.0. The third-order valence-electron chi connectivity index (χ3n) is 5.46. The minimum atomic E-state index is -4.35. The topological polar surface area (TPSA) is 30.5 Å². The molecular weight excluding hydrogens is 355 g/mol. The number of hydrogen-bond acceptors (Lipinski definition) is 3. The summed E-state index contributed by atoms with van der Waals surface area (Å²) in [7, 11) is 3.18. The van der Waals surface area contributed by atoms with E-state index in [1.165, 1.54) is 12.1 Å². The molecule has 0 radical (unpaired) electrons. The molecule has 3 nitrogen and oxygen atoms in total. The Kier molecular flexibility index (Phi) is 4.29. The van der Waals surface area contributed by atoms with E-state index in [0.717, 1.165) is 23.7 Å². The number of ether oxygens (including phenoxy) is 2. The van der Waals surface area contributed by atoms with Crippen molar-refractivity contribution in [1.82, 2.24) is 0 Å². The van der Waals surface area contributed by atoms with Crippen LogP contribution < -0.4 is 14.8 Å². The van der Waals surface area contributed by atoms with Crippen LogP contribution in [-0.2, 0) is 6.18 Å². The highest BCUT2D eigenvalue weighted by Gasteiger charge is 2.41. The first-order chi connectivity index (χ1) is 12.9. The molecule has 1 aliphatic carbocycles. The van der Waals surface area contributed by atoms with E-state index in [1.54, 1.807) is 14.2 Å². The summed E-state index contributed by atoms with van der Waals surface area (Å²) in [4.78, 5) is 0. The number of para-hydroxylation sites is 1. The van der Waals surface area contributed by atoms with Gasteiger partial charge in [-0.25, -0.2) is 0 Å². The van der Waals surface area contributed by atoms with Gasteiger partial charge in [0.25, 0.3) is 0 Å². The molecule has 3 atom stereocenters. The van der Waals surface area contributed by atoms with Crippen molar-refractivity contribution < 1.29 is 22.6 Å². The third-order valence-corrected chi connectivity index (χ3v) is 5.46. The second-order valence-corrected chi connectivity index (χ2v) is 6.86. The lowest BCUT2D eigenvalue weighted by atomic mass is 9.76. The SMILES string of the molecule is COc1cccc([C@@H]2Nc3ccc(C(F)(F)F)cc3[C@H]3C=CC[C@H]32)c1OC. The Morgan fingerprint density at radius 3 is 2.56 bits per heavy atom. The number of allylic oxidation sites excluding steroid dienone is 2. The largest absolute Gasteiger partial charge is 0.493 e. The van der Waals surface area contributed by atoms with Crippen LogP contribution in [0.1, 0.15) is 35.1 Å². The summed E-state index contributed by atoms with van der Waals surface area (Å²) < 4.78 is 50.5. The van der Waals surface area contributed by atoms with Gasteiger partial charge in [0.2, 0.25) is 0 Å². The Morgan fingerprint density at radius 1 is 1.04 bits per heavy atom. The second-order valence-electron chi connectivity index (χ2n) is 6.86. The third kappa shape index (κ3) is 2.93. The van der Waals surface area contributed by atoms with Crippen LogP contribution in [0.15, 0.2) is 48.6 Å². The number of halogens is 3. The van der Waals surface area contributed by atoms with E-state index >= 15 is 0 Å². The van der Waals surface area contributed by atoms with Crippen molar-refractivity contribution in [3.63, 3.8) is 0 Å². The molecule has 0 amide bonds. The highest BCUT2D eigenvalue weighted by Crippen LogP contribution is 2.52. The monoisotopic (exact) mass is 375 g/mol. The van der Waals surface area contributed by atoms with Crippen molar-refractivity contribution in [2.45, 2.75) is 24.6 Å². The highest BCUT2D eigenvalue weighted by molar-refractivity contribution is 5.62. The number of methoxy groups -OCH3 is 2. The lowest BCUT2D eigenvalue weighted by Crippen LogP contribution is -2.29. The molecule has 0 bridgehead atoms. The molecule has 142 valence electrons. The van der Waals surface area contributed by atoms with Crippen LogP contribution in [0.4, 0.5) is 18.9 Å². The van der Waals surface area contributed by atoms with E-state index in [1.807, 2.05) is 30.4 Å². The van der Waals surface area contributed by atoms with Crippen molar-refractivity contribution >= 4 is 5.69 Å². The fraction of sp³-hybridized carbons (Fsp3) is 0.333. The Morgan fingerprint density at radius 2 is 1.85 bits per heavy atom. The first kappa shape index (κ1) is 17.8.